The van der Waals surface area contributed by atoms with Crippen molar-refractivity contribution in [1.82, 2.24) is 4.90 Å². The molecule has 0 aliphatic heterocycles. The lowest BCUT2D eigenvalue weighted by molar-refractivity contribution is 0.0305. The summed E-state index contributed by atoms with van der Waals surface area (Å²) in [6.07, 6.45) is 2.27. The van der Waals surface area contributed by atoms with E-state index in [1.54, 1.807) is 13.8 Å². The second kappa shape index (κ2) is 6.35. The minimum atomic E-state index is -0.664. The highest BCUT2D eigenvalue weighted by Gasteiger charge is 2.17. The van der Waals surface area contributed by atoms with E-state index in [0.29, 0.717) is 13.1 Å². The van der Waals surface area contributed by atoms with Crippen LogP contribution in [0.15, 0.2) is 0 Å². The molecule has 0 aromatic rings. The Morgan fingerprint density at radius 1 is 1.23 bits per heavy atom. The van der Waals surface area contributed by atoms with Crippen LogP contribution in [-0.2, 0) is 0 Å². The molecule has 2 N–H and O–H groups in total. The Kier molecular flexibility index (Phi) is 6.29. The molecule has 0 aliphatic rings. The molecule has 3 heteroatoms. The van der Waals surface area contributed by atoms with Crippen LogP contribution in [0.4, 0.5) is 0 Å². The van der Waals surface area contributed by atoms with E-state index >= 15 is 0 Å². The summed E-state index contributed by atoms with van der Waals surface area (Å²) in [6.45, 7) is 8.15. The van der Waals surface area contributed by atoms with Crippen molar-refractivity contribution in [1.29, 1.82) is 0 Å². The molecule has 0 aromatic heterocycles. The summed E-state index contributed by atoms with van der Waals surface area (Å²) in [4.78, 5) is 2.10. The van der Waals surface area contributed by atoms with Crippen molar-refractivity contribution in [3.8, 4) is 0 Å². The monoisotopic (exact) mass is 189 g/mol. The molecule has 0 saturated carbocycles. The van der Waals surface area contributed by atoms with Gasteiger partial charge in [0.15, 0.2) is 0 Å². The molecule has 0 bridgehead atoms. The van der Waals surface area contributed by atoms with Crippen LogP contribution in [0.5, 0.6) is 0 Å². The standard InChI is InChI=1S/C10H23NO2/c1-4-5-6-11(7-8-12)9-10(2,3)13/h12-13H,4-9H2,1-3H3. The molecule has 0 unspecified atom stereocenters. The lowest BCUT2D eigenvalue weighted by atomic mass is 10.1. The number of rotatable bonds is 7. The Morgan fingerprint density at radius 2 is 1.85 bits per heavy atom. The number of nitrogens with zero attached hydrogens (tertiary/aromatic N) is 1. The largest absolute Gasteiger partial charge is 0.395 e. The Hall–Kier alpha value is -0.120. The molecule has 13 heavy (non-hydrogen) atoms. The van der Waals surface area contributed by atoms with Crippen molar-refractivity contribution in [2.75, 3.05) is 26.2 Å². The highest BCUT2D eigenvalue weighted by atomic mass is 16.3. The first-order chi connectivity index (χ1) is 5.99. The third-order valence-corrected chi connectivity index (χ3v) is 1.85. The number of aliphatic hydroxyl groups excluding tert-OH is 1. The minimum Gasteiger partial charge on any atom is -0.395 e. The Balaban J connectivity index is 3.79. The molecule has 0 saturated heterocycles. The molecule has 0 rings (SSSR count). The van der Waals surface area contributed by atoms with Crippen molar-refractivity contribution in [2.24, 2.45) is 0 Å². The van der Waals surface area contributed by atoms with Gasteiger partial charge >= 0.3 is 0 Å². The van der Waals surface area contributed by atoms with Crippen molar-refractivity contribution in [3.63, 3.8) is 0 Å². The summed E-state index contributed by atoms with van der Waals surface area (Å²) in [7, 11) is 0. The Bertz CT molecular complexity index is 121. The van der Waals surface area contributed by atoms with Gasteiger partial charge in [-0.15, -0.1) is 0 Å². The molecule has 80 valence electrons. The second-order valence-corrected chi connectivity index (χ2v) is 4.17. The van der Waals surface area contributed by atoms with E-state index < -0.39 is 5.60 Å². The summed E-state index contributed by atoms with van der Waals surface area (Å²) in [5.41, 5.74) is -0.664. The first kappa shape index (κ1) is 12.9. The van der Waals surface area contributed by atoms with Gasteiger partial charge in [0, 0.05) is 13.1 Å². The zero-order chi connectivity index (χ0) is 10.3. The van der Waals surface area contributed by atoms with Gasteiger partial charge in [0.1, 0.15) is 0 Å². The van der Waals surface area contributed by atoms with Gasteiger partial charge in [0.05, 0.1) is 12.2 Å². The highest BCUT2D eigenvalue weighted by molar-refractivity contribution is 4.71. The van der Waals surface area contributed by atoms with E-state index in [4.69, 9.17) is 5.11 Å². The van der Waals surface area contributed by atoms with E-state index in [9.17, 15) is 5.11 Å². The van der Waals surface area contributed by atoms with Gasteiger partial charge in [0.25, 0.3) is 0 Å². The first-order valence-corrected chi connectivity index (χ1v) is 5.05. The molecular weight excluding hydrogens is 166 g/mol. The van der Waals surface area contributed by atoms with Crippen LogP contribution in [0.25, 0.3) is 0 Å². The van der Waals surface area contributed by atoms with E-state index in [2.05, 4.69) is 11.8 Å². The molecule has 0 aliphatic carbocycles. The normalized spacial score (nSPS) is 12.5. The molecule has 0 radical (unpaired) electrons. The van der Waals surface area contributed by atoms with Crippen molar-refractivity contribution < 1.29 is 10.2 Å². The SMILES string of the molecule is CCCCN(CCO)CC(C)(C)O. The van der Waals surface area contributed by atoms with Crippen LogP contribution in [0.2, 0.25) is 0 Å². The van der Waals surface area contributed by atoms with E-state index in [1.165, 1.54) is 0 Å². The first-order valence-electron chi connectivity index (χ1n) is 5.05. The molecule has 0 atom stereocenters. The quantitative estimate of drug-likeness (QED) is 0.624. The Labute approximate surface area is 81.4 Å². The van der Waals surface area contributed by atoms with Crippen molar-refractivity contribution in [3.05, 3.63) is 0 Å². The van der Waals surface area contributed by atoms with Gasteiger partial charge in [-0.25, -0.2) is 0 Å². The highest BCUT2D eigenvalue weighted by Crippen LogP contribution is 2.05. The van der Waals surface area contributed by atoms with Crippen molar-refractivity contribution in [2.45, 2.75) is 39.2 Å². The molecule has 0 aromatic carbocycles. The van der Waals surface area contributed by atoms with Crippen molar-refractivity contribution >= 4 is 0 Å². The van der Waals surface area contributed by atoms with Gasteiger partial charge in [-0.2, -0.15) is 0 Å². The van der Waals surface area contributed by atoms with E-state index in [0.717, 1.165) is 19.4 Å². The molecular formula is C10H23NO2. The maximum absolute atomic E-state index is 9.59. The summed E-state index contributed by atoms with van der Waals surface area (Å²) < 4.78 is 0. The average Bonchev–Trinajstić information content (AvgIpc) is 1.98. The minimum absolute atomic E-state index is 0.166. The summed E-state index contributed by atoms with van der Waals surface area (Å²) in [5.74, 6) is 0. The van der Waals surface area contributed by atoms with Crippen LogP contribution in [0.3, 0.4) is 0 Å². The summed E-state index contributed by atoms with van der Waals surface area (Å²) in [6, 6.07) is 0. The number of aliphatic hydroxyl groups is 2. The van der Waals surface area contributed by atoms with Gasteiger partial charge < -0.3 is 10.2 Å². The van der Waals surface area contributed by atoms with Crippen LogP contribution in [0, 0.1) is 0 Å². The fourth-order valence-corrected chi connectivity index (χ4v) is 1.34. The lowest BCUT2D eigenvalue weighted by Crippen LogP contribution is -2.40. The zero-order valence-corrected chi connectivity index (χ0v) is 9.08. The average molecular weight is 189 g/mol. The maximum Gasteiger partial charge on any atom is 0.0718 e. The molecule has 0 spiro atoms. The Morgan fingerprint density at radius 3 is 2.23 bits per heavy atom. The van der Waals surface area contributed by atoms with Gasteiger partial charge in [-0.05, 0) is 26.8 Å². The van der Waals surface area contributed by atoms with Crippen LogP contribution >= 0.6 is 0 Å². The summed E-state index contributed by atoms with van der Waals surface area (Å²) in [5, 5.41) is 18.4. The van der Waals surface area contributed by atoms with Crippen LogP contribution in [0.1, 0.15) is 33.6 Å². The number of hydrogen-bond acceptors (Lipinski definition) is 3. The third-order valence-electron chi connectivity index (χ3n) is 1.85. The van der Waals surface area contributed by atoms with Gasteiger partial charge in [-0.1, -0.05) is 13.3 Å². The topological polar surface area (TPSA) is 43.7 Å². The van der Waals surface area contributed by atoms with E-state index in [1.807, 2.05) is 0 Å². The fourth-order valence-electron chi connectivity index (χ4n) is 1.34. The predicted octanol–water partition coefficient (Wildman–Crippen LogP) is 0.852. The number of unbranched alkanes of at least 4 members (excludes halogenated alkanes) is 1. The number of hydrogen-bond donors (Lipinski definition) is 2. The smallest absolute Gasteiger partial charge is 0.0718 e. The predicted molar refractivity (Wildman–Crippen MR) is 54.7 cm³/mol. The fraction of sp³-hybridized carbons (Fsp3) is 1.00. The molecule has 3 nitrogen and oxygen atoms in total. The summed E-state index contributed by atoms with van der Waals surface area (Å²) >= 11 is 0. The van der Waals surface area contributed by atoms with Gasteiger partial charge in [-0.3, -0.25) is 4.90 Å². The van der Waals surface area contributed by atoms with E-state index in [-0.39, 0.29) is 6.61 Å². The zero-order valence-electron chi connectivity index (χ0n) is 9.08. The molecule has 0 heterocycles. The van der Waals surface area contributed by atoms with Crippen LogP contribution < -0.4 is 0 Å². The van der Waals surface area contributed by atoms with Crippen LogP contribution in [-0.4, -0.2) is 47.0 Å². The molecule has 0 amide bonds. The lowest BCUT2D eigenvalue weighted by Gasteiger charge is -2.28. The third kappa shape index (κ3) is 8.22. The maximum atomic E-state index is 9.59. The second-order valence-electron chi connectivity index (χ2n) is 4.17. The molecule has 0 fully saturated rings. The van der Waals surface area contributed by atoms with Gasteiger partial charge in [0.2, 0.25) is 0 Å².